The molecule has 1 amide bonds. The highest BCUT2D eigenvalue weighted by Gasteiger charge is 2.27. The molecule has 1 aliphatic heterocycles. The Morgan fingerprint density at radius 3 is 2.43 bits per heavy atom. The average molecular weight is 500 g/mol. The fraction of sp³-hybridized carbons (Fsp3) is 0.536. The van der Waals surface area contributed by atoms with Gasteiger partial charge in [0.05, 0.1) is 6.26 Å². The van der Waals surface area contributed by atoms with Crippen molar-refractivity contribution in [1.29, 1.82) is 0 Å². The number of benzene rings is 2. The predicted molar refractivity (Wildman–Crippen MR) is 144 cm³/mol. The normalized spacial score (nSPS) is 16.3. The van der Waals surface area contributed by atoms with E-state index in [4.69, 9.17) is 0 Å². The van der Waals surface area contributed by atoms with Crippen LogP contribution < -0.4 is 5.32 Å². The van der Waals surface area contributed by atoms with E-state index in [1.165, 1.54) is 17.4 Å². The molecule has 3 rings (SSSR count). The van der Waals surface area contributed by atoms with E-state index >= 15 is 0 Å². The fourth-order valence-corrected chi connectivity index (χ4v) is 5.78. The first-order chi connectivity index (χ1) is 16.7. The summed E-state index contributed by atoms with van der Waals surface area (Å²) in [4.78, 5) is 15.0. The van der Waals surface area contributed by atoms with Crippen molar-refractivity contribution in [3.8, 4) is 0 Å². The van der Waals surface area contributed by atoms with Gasteiger partial charge >= 0.3 is 0 Å². The molecule has 1 heterocycles. The molecule has 0 aromatic heterocycles. The molecule has 1 N–H and O–H groups in total. The first-order valence-corrected chi connectivity index (χ1v) is 14.7. The van der Waals surface area contributed by atoms with Crippen LogP contribution in [-0.2, 0) is 27.7 Å². The van der Waals surface area contributed by atoms with E-state index in [9.17, 15) is 13.2 Å². The van der Waals surface area contributed by atoms with E-state index in [0.717, 1.165) is 50.9 Å². The van der Waals surface area contributed by atoms with E-state index in [1.54, 1.807) is 4.31 Å². The van der Waals surface area contributed by atoms with Crippen molar-refractivity contribution in [2.24, 2.45) is 5.92 Å². The largest absolute Gasteiger partial charge is 0.326 e. The van der Waals surface area contributed by atoms with Crippen LogP contribution in [0.3, 0.4) is 0 Å². The number of piperidine rings is 1. The Labute approximate surface area is 211 Å². The van der Waals surface area contributed by atoms with Crippen LogP contribution >= 0.6 is 0 Å². The molecule has 7 heteroatoms. The second-order valence-corrected chi connectivity index (χ2v) is 11.9. The van der Waals surface area contributed by atoms with Gasteiger partial charge in [-0.3, -0.25) is 4.79 Å². The molecule has 0 radical (unpaired) electrons. The van der Waals surface area contributed by atoms with Crippen molar-refractivity contribution in [2.75, 3.05) is 37.8 Å². The van der Waals surface area contributed by atoms with Crippen molar-refractivity contribution >= 4 is 21.6 Å². The van der Waals surface area contributed by atoms with E-state index < -0.39 is 10.0 Å². The molecule has 0 spiro atoms. The van der Waals surface area contributed by atoms with Crippen LogP contribution in [0.25, 0.3) is 0 Å². The molecule has 0 aliphatic carbocycles. The molecule has 1 unspecified atom stereocenters. The molecule has 192 valence electrons. The van der Waals surface area contributed by atoms with Crippen LogP contribution in [0.15, 0.2) is 54.6 Å². The van der Waals surface area contributed by atoms with Crippen LogP contribution in [-0.4, -0.2) is 62.0 Å². The first-order valence-electron chi connectivity index (χ1n) is 12.9. The fourth-order valence-electron chi connectivity index (χ4n) is 4.91. The van der Waals surface area contributed by atoms with Crippen LogP contribution in [0.2, 0.25) is 0 Å². The summed E-state index contributed by atoms with van der Waals surface area (Å²) in [5.41, 5.74) is 3.23. The SMILES string of the molecule is CCCN(CC1CCN(S(C)(=O)=O)CC1)C(C)Cc1cccc(NC(=O)CCc2ccccc2)c1. The summed E-state index contributed by atoms with van der Waals surface area (Å²) in [7, 11) is -3.09. The standard InChI is InChI=1S/C28H41N3O3S/c1-4-17-30(22-25-15-18-31(19-16-25)35(3,33)34)23(2)20-26-11-8-12-27(21-26)29-28(32)14-13-24-9-6-5-7-10-24/h5-12,21,23,25H,4,13-20,22H2,1-3H3,(H,29,32). The monoisotopic (exact) mass is 499 g/mol. The highest BCUT2D eigenvalue weighted by atomic mass is 32.2. The number of nitrogens with one attached hydrogen (secondary N) is 1. The molecule has 0 bridgehead atoms. The summed E-state index contributed by atoms with van der Waals surface area (Å²) in [6, 6.07) is 18.6. The van der Waals surface area contributed by atoms with Gasteiger partial charge in [0.15, 0.2) is 0 Å². The number of sulfonamides is 1. The van der Waals surface area contributed by atoms with Gasteiger partial charge in [-0.1, -0.05) is 49.4 Å². The van der Waals surface area contributed by atoms with Crippen LogP contribution in [0.4, 0.5) is 5.69 Å². The highest BCUT2D eigenvalue weighted by Crippen LogP contribution is 2.22. The molecule has 1 atom stereocenters. The van der Waals surface area contributed by atoms with Crippen LogP contribution in [0, 0.1) is 5.92 Å². The van der Waals surface area contributed by atoms with E-state index in [-0.39, 0.29) is 5.91 Å². The maximum atomic E-state index is 12.5. The lowest BCUT2D eigenvalue weighted by atomic mass is 9.96. The van der Waals surface area contributed by atoms with Gasteiger partial charge in [-0.25, -0.2) is 12.7 Å². The van der Waals surface area contributed by atoms with Crippen molar-refractivity contribution in [3.05, 3.63) is 65.7 Å². The summed E-state index contributed by atoms with van der Waals surface area (Å²) < 4.78 is 25.2. The number of carbonyl (C=O) groups is 1. The summed E-state index contributed by atoms with van der Waals surface area (Å²) in [6.45, 7) is 7.77. The van der Waals surface area contributed by atoms with Crippen LogP contribution in [0.5, 0.6) is 0 Å². The molecule has 2 aromatic carbocycles. The van der Waals surface area contributed by atoms with Gasteiger partial charge < -0.3 is 10.2 Å². The zero-order valence-corrected chi connectivity index (χ0v) is 22.3. The van der Waals surface area contributed by atoms with Gasteiger partial charge in [-0.2, -0.15) is 0 Å². The number of nitrogens with zero attached hydrogens (tertiary/aromatic N) is 2. The number of amides is 1. The quantitative estimate of drug-likeness (QED) is 0.464. The number of anilines is 1. The molecule has 1 aliphatic rings. The van der Waals surface area contributed by atoms with Crippen molar-refractivity contribution in [3.63, 3.8) is 0 Å². The molecule has 0 saturated carbocycles. The Balaban J connectivity index is 1.52. The van der Waals surface area contributed by atoms with Gasteiger partial charge in [-0.15, -0.1) is 0 Å². The number of rotatable bonds is 12. The minimum atomic E-state index is -3.09. The van der Waals surface area contributed by atoms with Crippen molar-refractivity contribution < 1.29 is 13.2 Å². The third kappa shape index (κ3) is 9.06. The van der Waals surface area contributed by atoms with Crippen LogP contribution in [0.1, 0.15) is 50.7 Å². The summed E-state index contributed by atoms with van der Waals surface area (Å²) in [5, 5.41) is 3.06. The molecule has 2 aromatic rings. The van der Waals surface area contributed by atoms with Crippen molar-refractivity contribution in [2.45, 2.75) is 58.4 Å². The van der Waals surface area contributed by atoms with E-state index in [2.05, 4.69) is 36.2 Å². The lowest BCUT2D eigenvalue weighted by Crippen LogP contribution is -2.44. The second-order valence-electron chi connectivity index (χ2n) is 9.89. The maximum absolute atomic E-state index is 12.5. The lowest BCUT2D eigenvalue weighted by molar-refractivity contribution is -0.116. The molecule has 1 saturated heterocycles. The minimum Gasteiger partial charge on any atom is -0.326 e. The topological polar surface area (TPSA) is 69.7 Å². The zero-order chi connectivity index (χ0) is 25.3. The highest BCUT2D eigenvalue weighted by molar-refractivity contribution is 7.88. The van der Waals surface area contributed by atoms with Gasteiger partial charge in [0.25, 0.3) is 0 Å². The number of hydrogen-bond donors (Lipinski definition) is 1. The number of carbonyl (C=O) groups excluding carboxylic acids is 1. The summed E-state index contributed by atoms with van der Waals surface area (Å²) in [5.74, 6) is 0.560. The molecular formula is C28H41N3O3S. The predicted octanol–water partition coefficient (Wildman–Crippen LogP) is 4.57. The summed E-state index contributed by atoms with van der Waals surface area (Å²) >= 11 is 0. The molecule has 1 fully saturated rings. The molecule has 35 heavy (non-hydrogen) atoms. The second kappa shape index (κ2) is 13.2. The van der Waals surface area contributed by atoms with E-state index in [0.29, 0.717) is 31.5 Å². The minimum absolute atomic E-state index is 0.0343. The third-order valence-corrected chi connectivity index (χ3v) is 8.20. The van der Waals surface area contributed by atoms with E-state index in [1.807, 2.05) is 42.5 Å². The Morgan fingerprint density at radius 1 is 1.09 bits per heavy atom. The van der Waals surface area contributed by atoms with Gasteiger partial charge in [0.1, 0.15) is 0 Å². The lowest BCUT2D eigenvalue weighted by Gasteiger charge is -2.36. The van der Waals surface area contributed by atoms with Gasteiger partial charge in [0.2, 0.25) is 15.9 Å². The smallest absolute Gasteiger partial charge is 0.224 e. The number of hydrogen-bond acceptors (Lipinski definition) is 4. The maximum Gasteiger partial charge on any atom is 0.224 e. The Kier molecular flexibility index (Phi) is 10.3. The Morgan fingerprint density at radius 2 is 1.77 bits per heavy atom. The molecular weight excluding hydrogens is 458 g/mol. The number of aryl methyl sites for hydroxylation is 1. The zero-order valence-electron chi connectivity index (χ0n) is 21.4. The Bertz CT molecular complexity index is 1030. The van der Waals surface area contributed by atoms with Gasteiger partial charge in [0, 0.05) is 37.8 Å². The third-order valence-electron chi connectivity index (χ3n) is 6.89. The first kappa shape index (κ1) is 27.4. The average Bonchev–Trinajstić information content (AvgIpc) is 2.83. The van der Waals surface area contributed by atoms with Gasteiger partial charge in [-0.05, 0) is 74.8 Å². The Hall–Kier alpha value is -2.22. The summed E-state index contributed by atoms with van der Waals surface area (Å²) in [6.07, 6.45) is 6.35. The molecule has 6 nitrogen and oxygen atoms in total. The van der Waals surface area contributed by atoms with Crippen molar-refractivity contribution in [1.82, 2.24) is 9.21 Å².